The number of likely N-dealkylation sites (N-methyl/N-ethyl adjacent to an activating group) is 1. The third-order valence-corrected chi connectivity index (χ3v) is 4.72. The molecular weight excluding hydrogens is 230 g/mol. The maximum atomic E-state index is 5.85. The molecular formula is C13H23N3S. The molecule has 17 heavy (non-hydrogen) atoms. The van der Waals surface area contributed by atoms with E-state index in [1.165, 1.54) is 23.7 Å². The summed E-state index contributed by atoms with van der Waals surface area (Å²) in [4.78, 5) is 7.21. The zero-order valence-corrected chi connectivity index (χ0v) is 11.8. The van der Waals surface area contributed by atoms with Crippen LogP contribution in [0.1, 0.15) is 42.8 Å². The number of hydrogen-bond donors (Lipinski definition) is 1. The summed E-state index contributed by atoms with van der Waals surface area (Å²) in [5.41, 5.74) is 7.13. The summed E-state index contributed by atoms with van der Waals surface area (Å²) in [6.45, 7) is 7.50. The van der Waals surface area contributed by atoms with Gasteiger partial charge in [-0.1, -0.05) is 13.8 Å². The van der Waals surface area contributed by atoms with Gasteiger partial charge in [0.05, 0.1) is 10.7 Å². The highest BCUT2D eigenvalue weighted by Gasteiger charge is 2.25. The van der Waals surface area contributed by atoms with Crippen molar-refractivity contribution in [2.45, 2.75) is 32.1 Å². The summed E-state index contributed by atoms with van der Waals surface area (Å²) < 4.78 is 0. The Balaban J connectivity index is 2.10. The molecule has 96 valence electrons. The zero-order chi connectivity index (χ0) is 12.4. The number of hydrogen-bond acceptors (Lipinski definition) is 4. The molecule has 3 nitrogen and oxygen atoms in total. The maximum absolute atomic E-state index is 5.85. The number of likely N-dealkylation sites (tertiary alicyclic amines) is 1. The molecule has 2 unspecified atom stereocenters. The number of aromatic nitrogens is 1. The van der Waals surface area contributed by atoms with Crippen LogP contribution in [0, 0.1) is 5.92 Å². The minimum atomic E-state index is 0.424. The van der Waals surface area contributed by atoms with Crippen LogP contribution in [0.15, 0.2) is 5.38 Å². The van der Waals surface area contributed by atoms with Gasteiger partial charge in [0.15, 0.2) is 0 Å². The Morgan fingerprint density at radius 2 is 2.35 bits per heavy atom. The second kappa shape index (κ2) is 5.46. The molecule has 2 N–H and O–H groups in total. The molecule has 0 amide bonds. The van der Waals surface area contributed by atoms with Crippen molar-refractivity contribution in [3.05, 3.63) is 16.1 Å². The Bertz CT molecular complexity index is 361. The van der Waals surface area contributed by atoms with Gasteiger partial charge >= 0.3 is 0 Å². The zero-order valence-electron chi connectivity index (χ0n) is 11.0. The van der Waals surface area contributed by atoms with Gasteiger partial charge in [0, 0.05) is 30.3 Å². The topological polar surface area (TPSA) is 42.1 Å². The predicted molar refractivity (Wildman–Crippen MR) is 73.6 cm³/mol. The lowest BCUT2D eigenvalue weighted by Gasteiger charge is -2.15. The van der Waals surface area contributed by atoms with Crippen LogP contribution in [0.5, 0.6) is 0 Å². The maximum Gasteiger partial charge on any atom is 0.0974 e. The molecule has 2 atom stereocenters. The van der Waals surface area contributed by atoms with Gasteiger partial charge in [-0.15, -0.1) is 11.3 Å². The van der Waals surface area contributed by atoms with Crippen molar-refractivity contribution in [1.29, 1.82) is 0 Å². The smallest absolute Gasteiger partial charge is 0.0974 e. The first-order chi connectivity index (χ1) is 8.11. The predicted octanol–water partition coefficient (Wildman–Crippen LogP) is 2.26. The summed E-state index contributed by atoms with van der Waals surface area (Å²) in [6.07, 6.45) is 1.24. The Labute approximate surface area is 108 Å². The van der Waals surface area contributed by atoms with Crippen LogP contribution in [-0.4, -0.2) is 36.6 Å². The average Bonchev–Trinajstić information content (AvgIpc) is 2.87. The molecule has 0 aromatic carbocycles. The molecule has 1 fully saturated rings. The minimum Gasteiger partial charge on any atom is -0.330 e. The van der Waals surface area contributed by atoms with Gasteiger partial charge in [0.1, 0.15) is 0 Å². The van der Waals surface area contributed by atoms with Gasteiger partial charge < -0.3 is 10.6 Å². The van der Waals surface area contributed by atoms with E-state index in [0.29, 0.717) is 24.3 Å². The second-order valence-corrected chi connectivity index (χ2v) is 6.33. The highest BCUT2D eigenvalue weighted by molar-refractivity contribution is 7.09. The van der Waals surface area contributed by atoms with E-state index >= 15 is 0 Å². The van der Waals surface area contributed by atoms with Gasteiger partial charge in [-0.25, -0.2) is 4.98 Å². The van der Waals surface area contributed by atoms with Crippen molar-refractivity contribution in [3.63, 3.8) is 0 Å². The molecule has 0 radical (unpaired) electrons. The molecule has 4 heteroatoms. The Morgan fingerprint density at radius 1 is 1.59 bits per heavy atom. The van der Waals surface area contributed by atoms with Gasteiger partial charge in [-0.05, 0) is 25.9 Å². The Kier molecular flexibility index (Phi) is 4.17. The molecule has 0 saturated carbocycles. The van der Waals surface area contributed by atoms with Crippen LogP contribution in [0.25, 0.3) is 0 Å². The molecule has 0 aliphatic carbocycles. The van der Waals surface area contributed by atoms with E-state index in [9.17, 15) is 0 Å². The van der Waals surface area contributed by atoms with E-state index in [4.69, 9.17) is 10.7 Å². The molecule has 2 rings (SSSR count). The largest absolute Gasteiger partial charge is 0.330 e. The van der Waals surface area contributed by atoms with E-state index in [0.717, 1.165) is 6.54 Å². The summed E-state index contributed by atoms with van der Waals surface area (Å²) in [5.74, 6) is 1.63. The van der Waals surface area contributed by atoms with Crippen molar-refractivity contribution >= 4 is 11.3 Å². The highest BCUT2D eigenvalue weighted by atomic mass is 32.1. The number of rotatable bonds is 4. The lowest BCUT2D eigenvalue weighted by molar-refractivity contribution is 0.410. The molecule has 1 saturated heterocycles. The molecule has 0 spiro atoms. The second-order valence-electron chi connectivity index (χ2n) is 5.44. The molecule has 2 heterocycles. The van der Waals surface area contributed by atoms with Crippen LogP contribution < -0.4 is 5.73 Å². The monoisotopic (exact) mass is 253 g/mol. The number of nitrogens with two attached hydrogens (primary N) is 1. The lowest BCUT2D eigenvalue weighted by atomic mass is 9.97. The summed E-state index contributed by atoms with van der Waals surface area (Å²) in [5, 5.41) is 3.47. The number of thiazole rings is 1. The third kappa shape index (κ3) is 2.87. The van der Waals surface area contributed by atoms with E-state index < -0.39 is 0 Å². The first-order valence-electron chi connectivity index (χ1n) is 6.45. The Hall–Kier alpha value is -0.450. The van der Waals surface area contributed by atoms with Crippen LogP contribution in [0.4, 0.5) is 0 Å². The van der Waals surface area contributed by atoms with Crippen molar-refractivity contribution in [2.24, 2.45) is 11.7 Å². The van der Waals surface area contributed by atoms with Crippen molar-refractivity contribution in [3.8, 4) is 0 Å². The fraction of sp³-hybridized carbons (Fsp3) is 0.769. The Morgan fingerprint density at radius 3 is 2.88 bits per heavy atom. The quantitative estimate of drug-likeness (QED) is 0.895. The van der Waals surface area contributed by atoms with Crippen LogP contribution in [-0.2, 0) is 0 Å². The third-order valence-electron chi connectivity index (χ3n) is 3.73. The van der Waals surface area contributed by atoms with Crippen LogP contribution in [0.3, 0.4) is 0 Å². The normalized spacial score (nSPS) is 23.5. The van der Waals surface area contributed by atoms with Crippen LogP contribution >= 0.6 is 11.3 Å². The minimum absolute atomic E-state index is 0.424. The van der Waals surface area contributed by atoms with E-state index in [2.05, 4.69) is 31.2 Å². The van der Waals surface area contributed by atoms with Crippen molar-refractivity contribution < 1.29 is 0 Å². The fourth-order valence-corrected chi connectivity index (χ4v) is 3.68. The average molecular weight is 253 g/mol. The summed E-state index contributed by atoms with van der Waals surface area (Å²) in [6, 6.07) is 0. The van der Waals surface area contributed by atoms with Gasteiger partial charge in [-0.3, -0.25) is 0 Å². The molecule has 1 aliphatic heterocycles. The van der Waals surface area contributed by atoms with Gasteiger partial charge in [0.2, 0.25) is 0 Å². The fourth-order valence-electron chi connectivity index (χ4n) is 2.49. The SMILES string of the molecule is CC(C)C(CN)c1nc(C2CCN(C)C2)cs1. The molecule has 1 aliphatic rings. The lowest BCUT2D eigenvalue weighted by Crippen LogP contribution is -2.18. The first-order valence-corrected chi connectivity index (χ1v) is 7.33. The summed E-state index contributed by atoms with van der Waals surface area (Å²) >= 11 is 1.79. The summed E-state index contributed by atoms with van der Waals surface area (Å²) in [7, 11) is 2.18. The van der Waals surface area contributed by atoms with Gasteiger partial charge in [-0.2, -0.15) is 0 Å². The van der Waals surface area contributed by atoms with E-state index in [-0.39, 0.29) is 0 Å². The standard InChI is InChI=1S/C13H23N3S/c1-9(2)11(6-14)13-15-12(8-17-13)10-4-5-16(3)7-10/h8-11H,4-7,14H2,1-3H3. The van der Waals surface area contributed by atoms with Crippen molar-refractivity contribution in [1.82, 2.24) is 9.88 Å². The molecule has 0 bridgehead atoms. The highest BCUT2D eigenvalue weighted by Crippen LogP contribution is 2.31. The van der Waals surface area contributed by atoms with E-state index in [1.54, 1.807) is 11.3 Å². The first kappa shape index (κ1) is 13.0. The van der Waals surface area contributed by atoms with Crippen molar-refractivity contribution in [2.75, 3.05) is 26.7 Å². The van der Waals surface area contributed by atoms with Gasteiger partial charge in [0.25, 0.3) is 0 Å². The number of nitrogens with zero attached hydrogens (tertiary/aromatic N) is 2. The molecule has 1 aromatic rings. The molecule has 1 aromatic heterocycles. The van der Waals surface area contributed by atoms with Crippen LogP contribution in [0.2, 0.25) is 0 Å². The van der Waals surface area contributed by atoms with E-state index in [1.807, 2.05) is 0 Å².